The van der Waals surface area contributed by atoms with Crippen molar-refractivity contribution in [3.05, 3.63) is 95.8 Å². The van der Waals surface area contributed by atoms with E-state index in [9.17, 15) is 17.6 Å². The van der Waals surface area contributed by atoms with Crippen LogP contribution in [-0.4, -0.2) is 25.2 Å². The molecule has 32 heavy (non-hydrogen) atoms. The van der Waals surface area contributed by atoms with E-state index in [1.54, 1.807) is 18.2 Å². The molecule has 0 aromatic heterocycles. The summed E-state index contributed by atoms with van der Waals surface area (Å²) in [6.45, 7) is 1.71. The molecule has 0 radical (unpaired) electrons. The first-order valence-electron chi connectivity index (χ1n) is 10.6. The number of carbonyl (C=O) groups excluding carboxylic acids is 1. The molecule has 0 fully saturated rings. The topological polar surface area (TPSA) is 66.5 Å². The summed E-state index contributed by atoms with van der Waals surface area (Å²) in [6, 6.07) is 21.1. The van der Waals surface area contributed by atoms with Gasteiger partial charge in [-0.15, -0.1) is 0 Å². The van der Waals surface area contributed by atoms with Crippen molar-refractivity contribution in [1.82, 2.24) is 4.31 Å². The molecular weight excluding hydrogens is 427 g/mol. The molecule has 0 spiro atoms. The fourth-order valence-electron chi connectivity index (χ4n) is 3.26. The molecule has 0 aliphatic carbocycles. The summed E-state index contributed by atoms with van der Waals surface area (Å²) in [5.41, 5.74) is 2.38. The van der Waals surface area contributed by atoms with Crippen molar-refractivity contribution in [3.63, 3.8) is 0 Å². The number of hydrogen-bond acceptors (Lipinski definition) is 3. The van der Waals surface area contributed by atoms with E-state index >= 15 is 0 Å². The Bertz CT molecular complexity index is 1120. The SMILES string of the molecule is CCCCc1ccc(NC(=O)CN(Cc2ccc(F)cc2)S(=O)(=O)c2ccccc2)cc1. The van der Waals surface area contributed by atoms with E-state index in [2.05, 4.69) is 12.2 Å². The van der Waals surface area contributed by atoms with E-state index in [1.807, 2.05) is 24.3 Å². The summed E-state index contributed by atoms with van der Waals surface area (Å²) < 4.78 is 40.8. The number of rotatable bonds is 10. The van der Waals surface area contributed by atoms with E-state index in [4.69, 9.17) is 0 Å². The molecule has 1 N–H and O–H groups in total. The summed E-state index contributed by atoms with van der Waals surface area (Å²) in [5, 5.41) is 2.77. The fourth-order valence-corrected chi connectivity index (χ4v) is 4.66. The highest BCUT2D eigenvalue weighted by atomic mass is 32.2. The van der Waals surface area contributed by atoms with Gasteiger partial charge in [-0.1, -0.05) is 55.8 Å². The van der Waals surface area contributed by atoms with Gasteiger partial charge in [-0.25, -0.2) is 12.8 Å². The third-order valence-corrected chi connectivity index (χ3v) is 6.84. The fraction of sp³-hybridized carbons (Fsp3) is 0.240. The van der Waals surface area contributed by atoms with Crippen LogP contribution in [0.2, 0.25) is 0 Å². The number of carbonyl (C=O) groups is 1. The molecule has 3 aromatic rings. The van der Waals surface area contributed by atoms with Crippen LogP contribution in [0.1, 0.15) is 30.9 Å². The number of hydrogen-bond donors (Lipinski definition) is 1. The van der Waals surface area contributed by atoms with Gasteiger partial charge in [-0.3, -0.25) is 4.79 Å². The summed E-state index contributed by atoms with van der Waals surface area (Å²) in [4.78, 5) is 12.8. The lowest BCUT2D eigenvalue weighted by molar-refractivity contribution is -0.116. The normalized spacial score (nSPS) is 11.5. The van der Waals surface area contributed by atoms with Gasteiger partial charge in [0.15, 0.2) is 0 Å². The molecule has 0 bridgehead atoms. The summed E-state index contributed by atoms with van der Waals surface area (Å²) in [6.07, 6.45) is 3.19. The molecule has 5 nitrogen and oxygen atoms in total. The van der Waals surface area contributed by atoms with Gasteiger partial charge in [-0.05, 0) is 60.4 Å². The van der Waals surface area contributed by atoms with Crippen LogP contribution in [0.15, 0.2) is 83.8 Å². The van der Waals surface area contributed by atoms with Crippen molar-refractivity contribution in [1.29, 1.82) is 0 Å². The Morgan fingerprint density at radius 3 is 2.16 bits per heavy atom. The quantitative estimate of drug-likeness (QED) is 0.469. The maximum absolute atomic E-state index is 13.3. The van der Waals surface area contributed by atoms with Gasteiger partial charge in [0.2, 0.25) is 15.9 Å². The van der Waals surface area contributed by atoms with Crippen LogP contribution in [-0.2, 0) is 27.8 Å². The van der Waals surface area contributed by atoms with Crippen LogP contribution in [0.25, 0.3) is 0 Å². The number of nitrogens with one attached hydrogen (secondary N) is 1. The summed E-state index contributed by atoms with van der Waals surface area (Å²) in [7, 11) is -3.93. The predicted molar refractivity (Wildman–Crippen MR) is 124 cm³/mol. The van der Waals surface area contributed by atoms with Crippen molar-refractivity contribution in [2.75, 3.05) is 11.9 Å². The smallest absolute Gasteiger partial charge is 0.243 e. The van der Waals surface area contributed by atoms with Crippen molar-refractivity contribution < 1.29 is 17.6 Å². The van der Waals surface area contributed by atoms with E-state index in [0.29, 0.717) is 11.3 Å². The second-order valence-electron chi connectivity index (χ2n) is 7.56. The van der Waals surface area contributed by atoms with Crippen molar-refractivity contribution in [2.24, 2.45) is 0 Å². The minimum Gasteiger partial charge on any atom is -0.325 e. The van der Waals surface area contributed by atoms with E-state index in [1.165, 1.54) is 42.0 Å². The Morgan fingerprint density at radius 2 is 1.53 bits per heavy atom. The van der Waals surface area contributed by atoms with Gasteiger partial charge in [0, 0.05) is 12.2 Å². The van der Waals surface area contributed by atoms with Gasteiger partial charge in [0.25, 0.3) is 0 Å². The first-order chi connectivity index (χ1) is 15.4. The second-order valence-corrected chi connectivity index (χ2v) is 9.50. The number of amides is 1. The molecule has 168 valence electrons. The largest absolute Gasteiger partial charge is 0.325 e. The van der Waals surface area contributed by atoms with E-state index < -0.39 is 21.7 Å². The highest BCUT2D eigenvalue weighted by Gasteiger charge is 2.27. The number of unbranched alkanes of at least 4 members (excludes halogenated alkanes) is 1. The predicted octanol–water partition coefficient (Wildman–Crippen LogP) is 5.00. The number of benzene rings is 3. The van der Waals surface area contributed by atoms with E-state index in [-0.39, 0.29) is 18.0 Å². The third-order valence-electron chi connectivity index (χ3n) is 5.03. The lowest BCUT2D eigenvalue weighted by Crippen LogP contribution is -2.37. The Labute approximate surface area is 188 Å². The summed E-state index contributed by atoms with van der Waals surface area (Å²) in [5.74, 6) is -0.862. The molecule has 1 amide bonds. The monoisotopic (exact) mass is 454 g/mol. The van der Waals surface area contributed by atoms with Crippen molar-refractivity contribution in [3.8, 4) is 0 Å². The minimum absolute atomic E-state index is 0.0547. The molecule has 0 unspecified atom stereocenters. The number of anilines is 1. The minimum atomic E-state index is -3.93. The molecule has 3 aromatic carbocycles. The Hall–Kier alpha value is -3.03. The Balaban J connectivity index is 1.77. The molecule has 7 heteroatoms. The number of halogens is 1. The van der Waals surface area contributed by atoms with Crippen LogP contribution in [0.5, 0.6) is 0 Å². The van der Waals surface area contributed by atoms with Crippen LogP contribution in [0.3, 0.4) is 0 Å². The zero-order valence-corrected chi connectivity index (χ0v) is 18.8. The highest BCUT2D eigenvalue weighted by molar-refractivity contribution is 7.89. The first-order valence-corrected chi connectivity index (χ1v) is 12.0. The Kier molecular flexibility index (Phi) is 8.14. The average Bonchev–Trinajstić information content (AvgIpc) is 2.80. The van der Waals surface area contributed by atoms with Crippen LogP contribution in [0.4, 0.5) is 10.1 Å². The number of sulfonamides is 1. The van der Waals surface area contributed by atoms with Gasteiger partial charge in [0.1, 0.15) is 5.82 Å². The summed E-state index contributed by atoms with van der Waals surface area (Å²) >= 11 is 0. The highest BCUT2D eigenvalue weighted by Crippen LogP contribution is 2.19. The molecule has 0 saturated heterocycles. The van der Waals surface area contributed by atoms with Crippen LogP contribution in [0, 0.1) is 5.82 Å². The molecule has 3 rings (SSSR count). The first kappa shape index (κ1) is 23.6. The zero-order chi connectivity index (χ0) is 23.0. The van der Waals surface area contributed by atoms with Gasteiger partial charge in [-0.2, -0.15) is 4.31 Å². The lowest BCUT2D eigenvalue weighted by atomic mass is 10.1. The lowest BCUT2D eigenvalue weighted by Gasteiger charge is -2.22. The molecule has 0 aliphatic heterocycles. The number of nitrogens with zero attached hydrogens (tertiary/aromatic N) is 1. The molecule has 0 aliphatic rings. The maximum Gasteiger partial charge on any atom is 0.243 e. The maximum atomic E-state index is 13.3. The van der Waals surface area contributed by atoms with Gasteiger partial charge < -0.3 is 5.32 Å². The van der Waals surface area contributed by atoms with Crippen molar-refractivity contribution in [2.45, 2.75) is 37.6 Å². The average molecular weight is 455 g/mol. The van der Waals surface area contributed by atoms with Gasteiger partial charge >= 0.3 is 0 Å². The second kappa shape index (κ2) is 11.0. The van der Waals surface area contributed by atoms with Crippen LogP contribution >= 0.6 is 0 Å². The standard InChI is InChI=1S/C25H27FN2O3S/c1-2-3-7-20-12-16-23(17-13-20)27-25(29)19-28(18-21-10-14-22(26)15-11-21)32(30,31)24-8-5-4-6-9-24/h4-6,8-17H,2-3,7,18-19H2,1H3,(H,27,29). The molecule has 0 saturated carbocycles. The third kappa shape index (κ3) is 6.48. The van der Waals surface area contributed by atoms with Crippen molar-refractivity contribution >= 4 is 21.6 Å². The van der Waals surface area contributed by atoms with Crippen LogP contribution < -0.4 is 5.32 Å². The van der Waals surface area contributed by atoms with Gasteiger partial charge in [0.05, 0.1) is 11.4 Å². The number of aryl methyl sites for hydroxylation is 1. The molecule has 0 heterocycles. The Morgan fingerprint density at radius 1 is 0.906 bits per heavy atom. The molecular formula is C25H27FN2O3S. The zero-order valence-electron chi connectivity index (χ0n) is 18.0. The van der Waals surface area contributed by atoms with E-state index in [0.717, 1.165) is 23.6 Å². The molecule has 0 atom stereocenters.